The Labute approximate surface area is 117 Å². The highest BCUT2D eigenvalue weighted by Crippen LogP contribution is 2.38. The van der Waals surface area contributed by atoms with Crippen LogP contribution in [0.1, 0.15) is 24.4 Å². The van der Waals surface area contributed by atoms with Crippen molar-refractivity contribution in [3.8, 4) is 0 Å². The number of nitro groups is 1. The number of ether oxygens (including phenoxy) is 1. The van der Waals surface area contributed by atoms with Crippen molar-refractivity contribution >= 4 is 5.69 Å². The number of nitrogens with two attached hydrogens (primary N) is 1. The molecule has 0 bridgehead atoms. The van der Waals surface area contributed by atoms with Crippen molar-refractivity contribution in [1.82, 2.24) is 4.90 Å². The lowest BCUT2D eigenvalue weighted by Gasteiger charge is -2.41. The summed E-state index contributed by atoms with van der Waals surface area (Å²) < 4.78 is 5.78. The molecule has 1 aliphatic heterocycles. The third kappa shape index (κ3) is 2.54. The summed E-state index contributed by atoms with van der Waals surface area (Å²) in [7, 11) is 0. The van der Waals surface area contributed by atoms with E-state index in [4.69, 9.17) is 10.5 Å². The van der Waals surface area contributed by atoms with Crippen LogP contribution in [-0.2, 0) is 4.74 Å². The van der Waals surface area contributed by atoms with Crippen LogP contribution in [0.5, 0.6) is 0 Å². The number of morpholine rings is 1. The molecular weight excluding hydrogens is 258 g/mol. The third-order valence-electron chi connectivity index (χ3n) is 4.08. The minimum atomic E-state index is -0.375. The second kappa shape index (κ2) is 5.47. The topological polar surface area (TPSA) is 81.6 Å². The maximum atomic E-state index is 10.7. The largest absolute Gasteiger partial charge is 0.374 e. The van der Waals surface area contributed by atoms with Crippen molar-refractivity contribution in [2.24, 2.45) is 5.73 Å². The Balaban J connectivity index is 1.87. The molecule has 1 heterocycles. The molecule has 2 aliphatic rings. The van der Waals surface area contributed by atoms with Crippen molar-refractivity contribution in [3.05, 3.63) is 39.9 Å². The molecule has 0 spiro atoms. The summed E-state index contributed by atoms with van der Waals surface area (Å²) in [6, 6.07) is 7.51. The van der Waals surface area contributed by atoms with Gasteiger partial charge in [0.25, 0.3) is 5.69 Å². The fraction of sp³-hybridized carbons (Fsp3) is 0.571. The standard InChI is InChI=1S/C14H19N3O3/c15-9-13-14(16(7-8-20-13)11-5-6-11)10-1-3-12(4-2-10)17(18)19/h1-4,11,13-14H,5-9,15H2. The average molecular weight is 277 g/mol. The van der Waals surface area contributed by atoms with Crippen LogP contribution in [0.25, 0.3) is 0 Å². The van der Waals surface area contributed by atoms with E-state index in [0.717, 1.165) is 12.1 Å². The lowest BCUT2D eigenvalue weighted by atomic mass is 9.97. The van der Waals surface area contributed by atoms with Crippen molar-refractivity contribution in [1.29, 1.82) is 0 Å². The smallest absolute Gasteiger partial charge is 0.269 e. The fourth-order valence-corrected chi connectivity index (χ4v) is 2.97. The van der Waals surface area contributed by atoms with E-state index in [9.17, 15) is 10.1 Å². The molecule has 20 heavy (non-hydrogen) atoms. The molecule has 3 rings (SSSR count). The lowest BCUT2D eigenvalue weighted by molar-refractivity contribution is -0.384. The van der Waals surface area contributed by atoms with E-state index >= 15 is 0 Å². The van der Waals surface area contributed by atoms with Gasteiger partial charge < -0.3 is 10.5 Å². The zero-order valence-electron chi connectivity index (χ0n) is 11.3. The van der Waals surface area contributed by atoms with E-state index in [-0.39, 0.29) is 22.8 Å². The first-order valence-corrected chi connectivity index (χ1v) is 7.02. The molecule has 108 valence electrons. The molecule has 1 aromatic carbocycles. The molecule has 2 atom stereocenters. The Morgan fingerprint density at radius 2 is 2.05 bits per heavy atom. The summed E-state index contributed by atoms with van der Waals surface area (Å²) in [6.07, 6.45) is 2.41. The highest BCUT2D eigenvalue weighted by atomic mass is 16.6. The first-order chi connectivity index (χ1) is 9.70. The van der Waals surface area contributed by atoms with Crippen LogP contribution in [0.2, 0.25) is 0 Å². The summed E-state index contributed by atoms with van der Waals surface area (Å²) in [6.45, 7) is 2.08. The summed E-state index contributed by atoms with van der Waals surface area (Å²) in [5.41, 5.74) is 7.00. The molecule has 1 saturated carbocycles. The van der Waals surface area contributed by atoms with Gasteiger partial charge in [-0.1, -0.05) is 12.1 Å². The monoisotopic (exact) mass is 277 g/mol. The van der Waals surface area contributed by atoms with Crippen LogP contribution in [0.4, 0.5) is 5.69 Å². The van der Waals surface area contributed by atoms with Gasteiger partial charge in [-0.15, -0.1) is 0 Å². The van der Waals surface area contributed by atoms with Crippen LogP contribution in [-0.4, -0.2) is 41.7 Å². The SMILES string of the molecule is NCC1OCCN(C2CC2)C1c1ccc([N+](=O)[O-])cc1. The molecule has 6 heteroatoms. The molecule has 2 fully saturated rings. The number of hydrogen-bond acceptors (Lipinski definition) is 5. The first-order valence-electron chi connectivity index (χ1n) is 7.02. The van der Waals surface area contributed by atoms with Crippen molar-refractivity contribution in [3.63, 3.8) is 0 Å². The van der Waals surface area contributed by atoms with E-state index in [1.54, 1.807) is 12.1 Å². The Morgan fingerprint density at radius 1 is 1.35 bits per heavy atom. The molecule has 0 aromatic heterocycles. The number of hydrogen-bond donors (Lipinski definition) is 1. The van der Waals surface area contributed by atoms with Gasteiger partial charge in [-0.25, -0.2) is 0 Å². The molecule has 2 N–H and O–H groups in total. The molecular formula is C14H19N3O3. The summed E-state index contributed by atoms with van der Waals surface area (Å²) in [4.78, 5) is 12.8. The Hall–Kier alpha value is -1.50. The third-order valence-corrected chi connectivity index (χ3v) is 4.08. The quantitative estimate of drug-likeness (QED) is 0.665. The normalized spacial score (nSPS) is 27.4. The van der Waals surface area contributed by atoms with Crippen LogP contribution in [0.15, 0.2) is 24.3 Å². The van der Waals surface area contributed by atoms with Crippen molar-refractivity contribution < 1.29 is 9.66 Å². The maximum Gasteiger partial charge on any atom is 0.269 e. The zero-order valence-corrected chi connectivity index (χ0v) is 11.3. The molecule has 1 aromatic rings. The number of benzene rings is 1. The molecule has 2 unspecified atom stereocenters. The van der Waals surface area contributed by atoms with Gasteiger partial charge in [0.05, 0.1) is 23.7 Å². The van der Waals surface area contributed by atoms with Gasteiger partial charge in [0.2, 0.25) is 0 Å². The Morgan fingerprint density at radius 3 is 2.60 bits per heavy atom. The number of nitrogens with zero attached hydrogens (tertiary/aromatic N) is 2. The van der Waals surface area contributed by atoms with E-state index in [1.807, 2.05) is 12.1 Å². The average Bonchev–Trinajstić information content (AvgIpc) is 3.31. The number of non-ortho nitro benzene ring substituents is 1. The molecule has 1 saturated heterocycles. The van der Waals surface area contributed by atoms with E-state index in [0.29, 0.717) is 19.2 Å². The fourth-order valence-electron chi connectivity index (χ4n) is 2.97. The van der Waals surface area contributed by atoms with Gasteiger partial charge in [0.1, 0.15) is 0 Å². The highest BCUT2D eigenvalue weighted by molar-refractivity contribution is 5.35. The first kappa shape index (κ1) is 13.5. The van der Waals surface area contributed by atoms with Gasteiger partial charge in [-0.05, 0) is 18.4 Å². The Kier molecular flexibility index (Phi) is 3.69. The van der Waals surface area contributed by atoms with Gasteiger partial charge in [0.15, 0.2) is 0 Å². The predicted molar refractivity (Wildman–Crippen MR) is 74.4 cm³/mol. The number of nitro benzene ring substituents is 1. The van der Waals surface area contributed by atoms with E-state index in [1.165, 1.54) is 12.8 Å². The van der Waals surface area contributed by atoms with Crippen LogP contribution in [0.3, 0.4) is 0 Å². The summed E-state index contributed by atoms with van der Waals surface area (Å²) in [5, 5.41) is 10.7. The molecule has 1 aliphatic carbocycles. The van der Waals surface area contributed by atoms with Gasteiger partial charge >= 0.3 is 0 Å². The summed E-state index contributed by atoms with van der Waals surface area (Å²) >= 11 is 0. The van der Waals surface area contributed by atoms with Crippen LogP contribution in [0, 0.1) is 10.1 Å². The predicted octanol–water partition coefficient (Wildman–Crippen LogP) is 1.46. The molecule has 0 radical (unpaired) electrons. The maximum absolute atomic E-state index is 10.7. The highest BCUT2D eigenvalue weighted by Gasteiger charge is 2.40. The van der Waals surface area contributed by atoms with Gasteiger partial charge in [-0.2, -0.15) is 0 Å². The van der Waals surface area contributed by atoms with Crippen LogP contribution >= 0.6 is 0 Å². The van der Waals surface area contributed by atoms with E-state index in [2.05, 4.69) is 4.90 Å². The second-order valence-electron chi connectivity index (χ2n) is 5.41. The minimum Gasteiger partial charge on any atom is -0.374 e. The van der Waals surface area contributed by atoms with Crippen molar-refractivity contribution in [2.75, 3.05) is 19.7 Å². The Bertz CT molecular complexity index is 487. The van der Waals surface area contributed by atoms with Crippen LogP contribution < -0.4 is 5.73 Å². The summed E-state index contributed by atoms with van der Waals surface area (Å²) in [5.74, 6) is 0. The van der Waals surface area contributed by atoms with Gasteiger partial charge in [-0.3, -0.25) is 15.0 Å². The molecule has 6 nitrogen and oxygen atoms in total. The van der Waals surface area contributed by atoms with Crippen molar-refractivity contribution in [2.45, 2.75) is 31.0 Å². The molecule has 0 amide bonds. The number of rotatable bonds is 4. The zero-order chi connectivity index (χ0) is 14.1. The minimum absolute atomic E-state index is 0.0363. The second-order valence-corrected chi connectivity index (χ2v) is 5.41. The van der Waals surface area contributed by atoms with Gasteiger partial charge in [0, 0.05) is 31.3 Å². The lowest BCUT2D eigenvalue weighted by Crippen LogP contribution is -2.49. The van der Waals surface area contributed by atoms with E-state index < -0.39 is 0 Å².